The van der Waals surface area contributed by atoms with Crippen LogP contribution >= 0.6 is 11.6 Å². The van der Waals surface area contributed by atoms with Gasteiger partial charge in [-0.25, -0.2) is 9.59 Å². The first-order chi connectivity index (χ1) is 11.8. The number of amides is 2. The topological polar surface area (TPSA) is 79.9 Å². The van der Waals surface area contributed by atoms with E-state index in [4.69, 9.17) is 16.3 Å². The van der Waals surface area contributed by atoms with Gasteiger partial charge in [0.2, 0.25) is 0 Å². The lowest BCUT2D eigenvalue weighted by atomic mass is 10.2. The highest BCUT2D eigenvalue weighted by Crippen LogP contribution is 2.22. The number of urea groups is 1. The quantitative estimate of drug-likeness (QED) is 0.779. The summed E-state index contributed by atoms with van der Waals surface area (Å²) in [6.07, 6.45) is -0.0657. The molecule has 1 fully saturated rings. The summed E-state index contributed by atoms with van der Waals surface area (Å²) in [5.74, 6) is -0.558. The molecule has 0 saturated carbocycles. The molecule has 2 N–H and O–H groups in total. The van der Waals surface area contributed by atoms with Crippen molar-refractivity contribution in [2.45, 2.75) is 32.0 Å². The Morgan fingerprint density at radius 2 is 2.00 bits per heavy atom. The van der Waals surface area contributed by atoms with Crippen molar-refractivity contribution in [1.29, 1.82) is 0 Å². The molecule has 0 aliphatic carbocycles. The number of likely N-dealkylation sites (tertiary alicyclic amines) is 1. The molecule has 1 aliphatic heterocycles. The van der Waals surface area contributed by atoms with E-state index in [1.165, 1.54) is 19.2 Å². The Labute approximate surface area is 152 Å². The number of nitrogens with one attached hydrogen (secondary N) is 2. The average Bonchev–Trinajstić information content (AvgIpc) is 2.99. The molecule has 7 nitrogen and oxygen atoms in total. The number of rotatable bonds is 5. The Hall–Kier alpha value is -1.83. The van der Waals surface area contributed by atoms with Gasteiger partial charge < -0.3 is 20.1 Å². The molecular weight excluding hydrogens is 346 g/mol. The predicted molar refractivity (Wildman–Crippen MR) is 96.2 cm³/mol. The molecule has 2 unspecified atom stereocenters. The molecule has 0 spiro atoms. The SMILES string of the molecule is COC(=O)c1cc(NC(=O)NC2CN(C(C)C)CC2OC)ccc1Cl. The Bertz CT molecular complexity index is 638. The number of carbonyl (C=O) groups is 2. The third kappa shape index (κ3) is 4.84. The third-order valence-electron chi connectivity index (χ3n) is 4.27. The van der Waals surface area contributed by atoms with E-state index < -0.39 is 5.97 Å². The van der Waals surface area contributed by atoms with E-state index in [2.05, 4.69) is 34.1 Å². The lowest BCUT2D eigenvalue weighted by Gasteiger charge is -2.20. The molecule has 25 heavy (non-hydrogen) atoms. The zero-order valence-corrected chi connectivity index (χ0v) is 15.6. The molecule has 0 aromatic heterocycles. The monoisotopic (exact) mass is 369 g/mol. The van der Waals surface area contributed by atoms with Crippen LogP contribution in [-0.4, -0.2) is 62.4 Å². The number of methoxy groups -OCH3 is 2. The second-order valence-corrected chi connectivity index (χ2v) is 6.62. The van der Waals surface area contributed by atoms with Crippen LogP contribution in [0.1, 0.15) is 24.2 Å². The molecule has 2 amide bonds. The first-order valence-electron chi connectivity index (χ1n) is 8.08. The van der Waals surface area contributed by atoms with Gasteiger partial charge in [-0.1, -0.05) is 11.6 Å². The van der Waals surface area contributed by atoms with Crippen molar-refractivity contribution in [2.24, 2.45) is 0 Å². The summed E-state index contributed by atoms with van der Waals surface area (Å²) in [6, 6.07) is 4.55. The third-order valence-corrected chi connectivity index (χ3v) is 4.60. The second-order valence-electron chi connectivity index (χ2n) is 6.21. The lowest BCUT2D eigenvalue weighted by molar-refractivity contribution is 0.0601. The van der Waals surface area contributed by atoms with E-state index in [1.54, 1.807) is 13.2 Å². The summed E-state index contributed by atoms with van der Waals surface area (Å²) in [4.78, 5) is 26.2. The van der Waals surface area contributed by atoms with Crippen LogP contribution in [0, 0.1) is 0 Å². The van der Waals surface area contributed by atoms with Crippen molar-refractivity contribution in [2.75, 3.05) is 32.6 Å². The number of ether oxygens (including phenoxy) is 2. The fourth-order valence-corrected chi connectivity index (χ4v) is 3.00. The van der Waals surface area contributed by atoms with Crippen molar-refractivity contribution in [3.8, 4) is 0 Å². The maximum absolute atomic E-state index is 12.3. The smallest absolute Gasteiger partial charge is 0.339 e. The van der Waals surface area contributed by atoms with Crippen LogP contribution in [0.15, 0.2) is 18.2 Å². The Morgan fingerprint density at radius 3 is 2.60 bits per heavy atom. The molecule has 1 aromatic carbocycles. The minimum absolute atomic E-state index is 0.0657. The molecule has 1 aliphatic rings. The van der Waals surface area contributed by atoms with Crippen LogP contribution in [0.2, 0.25) is 5.02 Å². The molecule has 2 rings (SSSR count). The van der Waals surface area contributed by atoms with E-state index in [-0.39, 0.29) is 28.8 Å². The van der Waals surface area contributed by atoms with Crippen LogP contribution in [0.25, 0.3) is 0 Å². The van der Waals surface area contributed by atoms with Gasteiger partial charge in [0.05, 0.1) is 29.8 Å². The second kappa shape index (κ2) is 8.51. The fraction of sp³-hybridized carbons (Fsp3) is 0.529. The Morgan fingerprint density at radius 1 is 1.28 bits per heavy atom. The highest BCUT2D eigenvalue weighted by Gasteiger charge is 2.34. The normalized spacial score (nSPS) is 20.6. The van der Waals surface area contributed by atoms with E-state index in [1.807, 2.05) is 0 Å². The number of halogens is 1. The van der Waals surface area contributed by atoms with E-state index in [0.29, 0.717) is 11.7 Å². The molecular formula is C17H24ClN3O4. The average molecular weight is 370 g/mol. The molecule has 2 atom stereocenters. The molecule has 0 radical (unpaired) electrons. The van der Waals surface area contributed by atoms with Crippen molar-refractivity contribution in [1.82, 2.24) is 10.2 Å². The maximum Gasteiger partial charge on any atom is 0.339 e. The lowest BCUT2D eigenvalue weighted by Crippen LogP contribution is -2.45. The summed E-state index contributed by atoms with van der Waals surface area (Å²) < 4.78 is 10.1. The van der Waals surface area contributed by atoms with Gasteiger partial charge >= 0.3 is 12.0 Å². The van der Waals surface area contributed by atoms with Crippen LogP contribution in [0.3, 0.4) is 0 Å². The van der Waals surface area contributed by atoms with Gasteiger partial charge in [-0.15, -0.1) is 0 Å². The highest BCUT2D eigenvalue weighted by atomic mass is 35.5. The minimum atomic E-state index is -0.558. The summed E-state index contributed by atoms with van der Waals surface area (Å²) in [5.41, 5.74) is 0.651. The van der Waals surface area contributed by atoms with Crippen LogP contribution in [0.4, 0.5) is 10.5 Å². The number of hydrogen-bond acceptors (Lipinski definition) is 5. The van der Waals surface area contributed by atoms with E-state index >= 15 is 0 Å². The maximum atomic E-state index is 12.3. The molecule has 0 bridgehead atoms. The summed E-state index contributed by atoms with van der Waals surface area (Å²) in [7, 11) is 2.92. The summed E-state index contributed by atoms with van der Waals surface area (Å²) >= 11 is 5.98. The highest BCUT2D eigenvalue weighted by molar-refractivity contribution is 6.33. The van der Waals surface area contributed by atoms with Gasteiger partial charge in [0.1, 0.15) is 0 Å². The summed E-state index contributed by atoms with van der Waals surface area (Å²) in [5, 5.41) is 5.90. The number of esters is 1. The molecule has 1 saturated heterocycles. The van der Waals surface area contributed by atoms with Gasteiger partial charge in [0.25, 0.3) is 0 Å². The Balaban J connectivity index is 2.01. The zero-order chi connectivity index (χ0) is 18.6. The van der Waals surface area contributed by atoms with Gasteiger partial charge in [-0.05, 0) is 32.0 Å². The molecule has 8 heteroatoms. The van der Waals surface area contributed by atoms with Gasteiger partial charge in [0.15, 0.2) is 0 Å². The van der Waals surface area contributed by atoms with Crippen molar-refractivity contribution in [3.05, 3.63) is 28.8 Å². The number of carbonyl (C=O) groups excluding carboxylic acids is 2. The minimum Gasteiger partial charge on any atom is -0.465 e. The van der Waals surface area contributed by atoms with Crippen LogP contribution in [0.5, 0.6) is 0 Å². The Kier molecular flexibility index (Phi) is 6.64. The molecule has 1 aromatic rings. The van der Waals surface area contributed by atoms with E-state index in [0.717, 1.165) is 13.1 Å². The van der Waals surface area contributed by atoms with Crippen molar-refractivity contribution < 1.29 is 19.1 Å². The summed E-state index contributed by atoms with van der Waals surface area (Å²) in [6.45, 7) is 5.71. The first-order valence-corrected chi connectivity index (χ1v) is 8.45. The van der Waals surface area contributed by atoms with Crippen LogP contribution in [-0.2, 0) is 9.47 Å². The fourth-order valence-electron chi connectivity index (χ4n) is 2.81. The standard InChI is InChI=1S/C17H24ClN3O4/c1-10(2)21-8-14(15(9-21)24-3)20-17(23)19-11-5-6-13(18)12(7-11)16(22)25-4/h5-7,10,14-15H,8-9H2,1-4H3,(H2,19,20,23). The first kappa shape index (κ1) is 19.5. The van der Waals surface area contributed by atoms with E-state index in [9.17, 15) is 9.59 Å². The number of hydrogen-bond donors (Lipinski definition) is 2. The van der Waals surface area contributed by atoms with Crippen molar-refractivity contribution in [3.63, 3.8) is 0 Å². The van der Waals surface area contributed by atoms with Crippen molar-refractivity contribution >= 4 is 29.3 Å². The largest absolute Gasteiger partial charge is 0.465 e. The van der Waals surface area contributed by atoms with Gasteiger partial charge in [-0.2, -0.15) is 0 Å². The number of benzene rings is 1. The molecule has 1 heterocycles. The van der Waals surface area contributed by atoms with Gasteiger partial charge in [-0.3, -0.25) is 4.90 Å². The predicted octanol–water partition coefficient (Wildman–Crippen LogP) is 2.36. The van der Waals surface area contributed by atoms with Crippen LogP contribution < -0.4 is 10.6 Å². The van der Waals surface area contributed by atoms with Gasteiger partial charge in [0, 0.05) is 31.9 Å². The number of nitrogens with zero attached hydrogens (tertiary/aromatic N) is 1. The zero-order valence-electron chi connectivity index (χ0n) is 14.8. The molecule has 138 valence electrons. The number of anilines is 1.